The molecule has 0 spiro atoms. The zero-order chi connectivity index (χ0) is 17.8. The van der Waals surface area contributed by atoms with Gasteiger partial charge in [-0.3, -0.25) is 0 Å². The van der Waals surface area contributed by atoms with Crippen molar-refractivity contribution < 1.29 is 4.79 Å². The van der Waals surface area contributed by atoms with Crippen molar-refractivity contribution in [2.45, 2.75) is 31.5 Å². The van der Waals surface area contributed by atoms with Crippen molar-refractivity contribution in [3.63, 3.8) is 0 Å². The standard InChI is InChI=1S/C16H20N6OS2/c1-9-10(2)14-13(18-8-19-14)7-12(9)20-15(23)17-5-4-6-24-16-22-21-11(3)25-16/h7-8H,4-6H2,1-3H3,(H,18,19)(H2,17,20,23). The quantitative estimate of drug-likeness (QED) is 0.451. The average molecular weight is 377 g/mol. The van der Waals surface area contributed by atoms with E-state index in [1.54, 1.807) is 29.4 Å². The first-order valence-electron chi connectivity index (χ1n) is 7.95. The molecular weight excluding hydrogens is 356 g/mol. The second-order valence-corrected chi connectivity index (χ2v) is 8.17. The number of nitrogens with zero attached hydrogens (tertiary/aromatic N) is 3. The lowest BCUT2D eigenvalue weighted by Gasteiger charge is -2.12. The molecule has 0 radical (unpaired) electrons. The van der Waals surface area contributed by atoms with Crippen LogP contribution in [0, 0.1) is 20.8 Å². The fraction of sp³-hybridized carbons (Fsp3) is 0.375. The van der Waals surface area contributed by atoms with Gasteiger partial charge >= 0.3 is 6.03 Å². The zero-order valence-corrected chi connectivity index (χ0v) is 16.0. The summed E-state index contributed by atoms with van der Waals surface area (Å²) in [7, 11) is 0. The van der Waals surface area contributed by atoms with Crippen LogP contribution in [-0.2, 0) is 0 Å². The summed E-state index contributed by atoms with van der Waals surface area (Å²) in [4.78, 5) is 19.5. The lowest BCUT2D eigenvalue weighted by molar-refractivity contribution is 0.252. The van der Waals surface area contributed by atoms with E-state index in [0.29, 0.717) is 6.54 Å². The number of urea groups is 1. The molecule has 0 aliphatic rings. The zero-order valence-electron chi connectivity index (χ0n) is 14.3. The van der Waals surface area contributed by atoms with Crippen molar-refractivity contribution in [2.75, 3.05) is 17.6 Å². The maximum atomic E-state index is 12.1. The first-order chi connectivity index (χ1) is 12.0. The maximum Gasteiger partial charge on any atom is 0.319 e. The topological polar surface area (TPSA) is 95.6 Å². The Balaban J connectivity index is 1.47. The lowest BCUT2D eigenvalue weighted by atomic mass is 10.1. The number of carbonyl (C=O) groups is 1. The van der Waals surface area contributed by atoms with Crippen LogP contribution in [0.5, 0.6) is 0 Å². The molecule has 2 amide bonds. The summed E-state index contributed by atoms with van der Waals surface area (Å²) in [5.74, 6) is 0.896. The molecule has 3 N–H and O–H groups in total. The Kier molecular flexibility index (Phi) is 5.54. The monoisotopic (exact) mass is 376 g/mol. The van der Waals surface area contributed by atoms with E-state index in [9.17, 15) is 4.79 Å². The average Bonchev–Trinajstić information content (AvgIpc) is 3.21. The maximum absolute atomic E-state index is 12.1. The third-order valence-corrected chi connectivity index (χ3v) is 5.93. The van der Waals surface area contributed by atoms with Crippen LogP contribution in [-0.4, -0.2) is 38.5 Å². The van der Waals surface area contributed by atoms with Gasteiger partial charge in [-0.1, -0.05) is 23.1 Å². The van der Waals surface area contributed by atoms with Crippen molar-refractivity contribution in [1.29, 1.82) is 0 Å². The number of aromatic nitrogens is 4. The van der Waals surface area contributed by atoms with Gasteiger partial charge < -0.3 is 15.6 Å². The van der Waals surface area contributed by atoms with Gasteiger partial charge in [-0.25, -0.2) is 9.78 Å². The highest BCUT2D eigenvalue weighted by Gasteiger charge is 2.11. The van der Waals surface area contributed by atoms with Gasteiger partial charge in [-0.15, -0.1) is 10.2 Å². The molecule has 9 heteroatoms. The van der Waals surface area contributed by atoms with E-state index in [4.69, 9.17) is 0 Å². The molecule has 2 aromatic heterocycles. The van der Waals surface area contributed by atoms with Crippen LogP contribution in [0.1, 0.15) is 22.6 Å². The molecule has 0 atom stereocenters. The molecule has 0 fully saturated rings. The fourth-order valence-electron chi connectivity index (χ4n) is 2.41. The van der Waals surface area contributed by atoms with Crippen LogP contribution in [0.4, 0.5) is 10.5 Å². The molecular formula is C16H20N6OS2. The molecule has 132 valence electrons. The highest BCUT2D eigenvalue weighted by molar-refractivity contribution is 8.01. The number of hydrogen-bond donors (Lipinski definition) is 3. The molecule has 0 bridgehead atoms. The summed E-state index contributed by atoms with van der Waals surface area (Å²) in [5.41, 5.74) is 4.75. The number of carbonyl (C=O) groups excluding carboxylic acids is 1. The number of benzene rings is 1. The Hall–Kier alpha value is -2.13. The van der Waals surface area contributed by atoms with Crippen molar-refractivity contribution >= 4 is 45.9 Å². The van der Waals surface area contributed by atoms with E-state index in [1.165, 1.54) is 0 Å². The van der Waals surface area contributed by atoms with E-state index in [-0.39, 0.29) is 6.03 Å². The molecule has 0 saturated carbocycles. The highest BCUT2D eigenvalue weighted by atomic mass is 32.2. The number of amides is 2. The summed E-state index contributed by atoms with van der Waals surface area (Å²) in [6, 6.07) is 1.72. The molecule has 25 heavy (non-hydrogen) atoms. The molecule has 0 aliphatic carbocycles. The molecule has 3 rings (SSSR count). The number of imidazole rings is 1. The van der Waals surface area contributed by atoms with E-state index < -0.39 is 0 Å². The number of anilines is 1. The van der Waals surface area contributed by atoms with Crippen LogP contribution >= 0.6 is 23.1 Å². The van der Waals surface area contributed by atoms with Gasteiger partial charge in [0, 0.05) is 18.0 Å². The van der Waals surface area contributed by atoms with Crippen LogP contribution in [0.15, 0.2) is 16.7 Å². The van der Waals surface area contributed by atoms with E-state index in [0.717, 1.165) is 49.4 Å². The van der Waals surface area contributed by atoms with E-state index >= 15 is 0 Å². The van der Waals surface area contributed by atoms with Crippen molar-refractivity contribution in [3.05, 3.63) is 28.5 Å². The normalized spacial score (nSPS) is 11.0. The Morgan fingerprint density at radius 1 is 1.28 bits per heavy atom. The van der Waals surface area contributed by atoms with Crippen LogP contribution < -0.4 is 10.6 Å². The summed E-state index contributed by atoms with van der Waals surface area (Å²) in [6.45, 7) is 6.55. The first-order valence-corrected chi connectivity index (χ1v) is 9.76. The van der Waals surface area contributed by atoms with Crippen LogP contribution in [0.2, 0.25) is 0 Å². The largest absolute Gasteiger partial charge is 0.345 e. The van der Waals surface area contributed by atoms with Gasteiger partial charge in [-0.05, 0) is 44.4 Å². The van der Waals surface area contributed by atoms with Gasteiger partial charge in [0.2, 0.25) is 0 Å². The predicted molar refractivity (Wildman–Crippen MR) is 103 cm³/mol. The minimum Gasteiger partial charge on any atom is -0.345 e. The molecule has 3 aromatic rings. The van der Waals surface area contributed by atoms with Gasteiger partial charge in [0.05, 0.1) is 17.4 Å². The summed E-state index contributed by atoms with van der Waals surface area (Å²) >= 11 is 3.26. The summed E-state index contributed by atoms with van der Waals surface area (Å²) < 4.78 is 0.973. The molecule has 0 aliphatic heterocycles. The van der Waals surface area contributed by atoms with Crippen molar-refractivity contribution in [2.24, 2.45) is 0 Å². The number of rotatable bonds is 6. The van der Waals surface area contributed by atoms with Gasteiger partial charge in [0.15, 0.2) is 4.34 Å². The molecule has 2 heterocycles. The second kappa shape index (κ2) is 7.83. The number of aryl methyl sites for hydroxylation is 2. The SMILES string of the molecule is Cc1nnc(SCCCNC(=O)Nc2cc3[nH]cnc3c(C)c2C)s1. The predicted octanol–water partition coefficient (Wildman–Crippen LogP) is 3.64. The van der Waals surface area contributed by atoms with E-state index in [2.05, 4.69) is 30.8 Å². The molecule has 0 saturated heterocycles. The summed E-state index contributed by atoms with van der Waals surface area (Å²) in [6.07, 6.45) is 2.53. The third kappa shape index (κ3) is 4.29. The number of nitrogens with one attached hydrogen (secondary N) is 3. The fourth-order valence-corrected chi connectivity index (χ4v) is 4.24. The highest BCUT2D eigenvalue weighted by Crippen LogP contribution is 2.26. The third-order valence-electron chi connectivity index (χ3n) is 3.87. The molecule has 1 aromatic carbocycles. The van der Waals surface area contributed by atoms with Crippen LogP contribution in [0.3, 0.4) is 0 Å². The molecule has 7 nitrogen and oxygen atoms in total. The molecule has 0 unspecified atom stereocenters. The Bertz CT molecular complexity index is 888. The number of H-pyrrole nitrogens is 1. The number of thioether (sulfide) groups is 1. The number of aromatic amines is 1. The first kappa shape index (κ1) is 17.7. The Labute approximate surface area is 154 Å². The summed E-state index contributed by atoms with van der Waals surface area (Å²) in [5, 5.41) is 14.8. The second-order valence-electron chi connectivity index (χ2n) is 5.64. The van der Waals surface area contributed by atoms with Gasteiger partial charge in [0.1, 0.15) is 5.01 Å². The minimum absolute atomic E-state index is 0.196. The Morgan fingerprint density at radius 2 is 2.12 bits per heavy atom. The minimum atomic E-state index is -0.196. The van der Waals surface area contributed by atoms with Crippen molar-refractivity contribution in [3.8, 4) is 0 Å². The van der Waals surface area contributed by atoms with Gasteiger partial charge in [0.25, 0.3) is 0 Å². The number of fused-ring (bicyclic) bond motifs is 1. The van der Waals surface area contributed by atoms with Crippen LogP contribution in [0.25, 0.3) is 11.0 Å². The van der Waals surface area contributed by atoms with Gasteiger partial charge in [-0.2, -0.15) is 0 Å². The number of hydrogen-bond acceptors (Lipinski definition) is 6. The smallest absolute Gasteiger partial charge is 0.319 e. The van der Waals surface area contributed by atoms with E-state index in [1.807, 2.05) is 26.8 Å². The lowest BCUT2D eigenvalue weighted by Crippen LogP contribution is -2.30. The van der Waals surface area contributed by atoms with Crippen molar-refractivity contribution in [1.82, 2.24) is 25.5 Å². The Morgan fingerprint density at radius 3 is 2.88 bits per heavy atom.